The first-order chi connectivity index (χ1) is 9.56. The highest BCUT2D eigenvalue weighted by molar-refractivity contribution is 5.68. The fourth-order valence-electron chi connectivity index (χ4n) is 1.35. The van der Waals surface area contributed by atoms with E-state index in [1.165, 1.54) is 18.2 Å². The number of pyridine rings is 1. The molecule has 20 heavy (non-hydrogen) atoms. The number of aromatic hydroxyl groups is 1. The zero-order valence-corrected chi connectivity index (χ0v) is 10.2. The van der Waals surface area contributed by atoms with Gasteiger partial charge in [0.25, 0.3) is 0 Å². The number of carbonyl (C=O) groups is 1. The first-order valence-electron chi connectivity index (χ1n) is 5.50. The second kappa shape index (κ2) is 5.65. The van der Waals surface area contributed by atoms with E-state index >= 15 is 0 Å². The van der Waals surface area contributed by atoms with Gasteiger partial charge in [0.2, 0.25) is 5.88 Å². The fourth-order valence-corrected chi connectivity index (χ4v) is 1.35. The number of carbonyl (C=O) groups excluding carboxylic acids is 1. The highest BCUT2D eigenvalue weighted by Gasteiger charge is 2.05. The molecule has 0 bridgehead atoms. The molecule has 1 heterocycles. The van der Waals surface area contributed by atoms with Gasteiger partial charge in [0.1, 0.15) is 17.1 Å². The predicted molar refractivity (Wildman–Crippen MR) is 71.1 cm³/mol. The van der Waals surface area contributed by atoms with Crippen molar-refractivity contribution in [2.24, 2.45) is 16.0 Å². The monoisotopic (exact) mass is 273 g/mol. The van der Waals surface area contributed by atoms with Crippen molar-refractivity contribution in [3.05, 3.63) is 36.4 Å². The van der Waals surface area contributed by atoms with E-state index in [0.717, 1.165) is 0 Å². The fraction of sp³-hybridized carbons (Fsp3) is 0. The Hall–Kier alpha value is -3.16. The molecule has 0 aliphatic carbocycles. The maximum atomic E-state index is 10.6. The summed E-state index contributed by atoms with van der Waals surface area (Å²) in [6, 6.07) is 9.29. The molecule has 0 atom stereocenters. The summed E-state index contributed by atoms with van der Waals surface area (Å²) in [6.07, 6.45) is -0.986. The minimum Gasteiger partial charge on any atom is -0.506 e. The van der Waals surface area contributed by atoms with Gasteiger partial charge in [0.05, 0.1) is 0 Å². The number of amides is 1. The molecular weight excluding hydrogens is 262 g/mol. The maximum Gasteiger partial charge on any atom is 0.411 e. The van der Waals surface area contributed by atoms with E-state index in [-0.39, 0.29) is 23.1 Å². The largest absolute Gasteiger partial charge is 0.506 e. The predicted octanol–water partition coefficient (Wildman–Crippen LogP) is 2.24. The van der Waals surface area contributed by atoms with Crippen LogP contribution >= 0.6 is 0 Å². The van der Waals surface area contributed by atoms with Gasteiger partial charge < -0.3 is 21.3 Å². The molecule has 0 saturated carbocycles. The van der Waals surface area contributed by atoms with Crippen molar-refractivity contribution in [2.45, 2.75) is 0 Å². The summed E-state index contributed by atoms with van der Waals surface area (Å²) < 4.78 is 4.57. The Morgan fingerprint density at radius 2 is 1.85 bits per heavy atom. The lowest BCUT2D eigenvalue weighted by Gasteiger charge is -2.02. The van der Waals surface area contributed by atoms with Crippen molar-refractivity contribution in [2.75, 3.05) is 5.73 Å². The van der Waals surface area contributed by atoms with Crippen LogP contribution in [0.1, 0.15) is 0 Å². The lowest BCUT2D eigenvalue weighted by atomic mass is 10.3. The average molecular weight is 273 g/mol. The smallest absolute Gasteiger partial charge is 0.411 e. The van der Waals surface area contributed by atoms with Crippen molar-refractivity contribution in [3.8, 4) is 11.6 Å². The molecule has 0 aliphatic heterocycles. The summed E-state index contributed by atoms with van der Waals surface area (Å²) in [7, 11) is 0. The molecule has 2 rings (SSSR count). The van der Waals surface area contributed by atoms with Crippen LogP contribution in [0.25, 0.3) is 0 Å². The van der Waals surface area contributed by atoms with Crippen molar-refractivity contribution < 1.29 is 14.6 Å². The van der Waals surface area contributed by atoms with E-state index in [1.807, 2.05) is 0 Å². The molecule has 0 spiro atoms. The molecule has 8 nitrogen and oxygen atoms in total. The highest BCUT2D eigenvalue weighted by Crippen LogP contribution is 2.29. The number of primary amides is 1. The zero-order chi connectivity index (χ0) is 14.5. The van der Waals surface area contributed by atoms with E-state index in [0.29, 0.717) is 5.69 Å². The normalized spacial score (nSPS) is 10.6. The molecule has 0 aliphatic rings. The summed E-state index contributed by atoms with van der Waals surface area (Å²) in [6.45, 7) is 0. The van der Waals surface area contributed by atoms with Crippen molar-refractivity contribution in [3.63, 3.8) is 0 Å². The minimum absolute atomic E-state index is 0.00328. The van der Waals surface area contributed by atoms with Gasteiger partial charge in [-0.2, -0.15) is 4.98 Å². The van der Waals surface area contributed by atoms with Crippen LogP contribution in [-0.4, -0.2) is 16.2 Å². The topological polar surface area (TPSA) is 136 Å². The van der Waals surface area contributed by atoms with Crippen LogP contribution in [-0.2, 0) is 0 Å². The highest BCUT2D eigenvalue weighted by atomic mass is 16.6. The van der Waals surface area contributed by atoms with E-state index in [2.05, 4.69) is 19.9 Å². The number of nitrogens with zero attached hydrogens (tertiary/aromatic N) is 3. The summed E-state index contributed by atoms with van der Waals surface area (Å²) in [5.74, 6) is -0.0177. The first kappa shape index (κ1) is 13.3. The van der Waals surface area contributed by atoms with E-state index in [4.69, 9.17) is 11.5 Å². The van der Waals surface area contributed by atoms with E-state index in [1.54, 1.807) is 18.2 Å². The molecule has 2 aromatic rings. The second-order valence-electron chi connectivity index (χ2n) is 3.66. The number of ether oxygens (including phenoxy) is 1. The van der Waals surface area contributed by atoms with Crippen LogP contribution < -0.4 is 16.2 Å². The van der Waals surface area contributed by atoms with Gasteiger partial charge in [-0.3, -0.25) is 0 Å². The molecule has 0 fully saturated rings. The number of para-hydroxylation sites is 1. The standard InChI is InChI=1S/C12H11N5O3/c13-11-8(5-6-10(15-11)20-12(14)19)17-16-7-3-1-2-4-9(7)18/h1-6,18H,(H2,13,15)(H2,14,19)/b17-16+. The van der Waals surface area contributed by atoms with Gasteiger partial charge in [0.15, 0.2) is 5.82 Å². The molecule has 102 valence electrons. The van der Waals surface area contributed by atoms with Crippen LogP contribution in [0.4, 0.5) is 22.0 Å². The maximum absolute atomic E-state index is 10.6. The third-order valence-electron chi connectivity index (χ3n) is 2.23. The number of aromatic nitrogens is 1. The van der Waals surface area contributed by atoms with Crippen LogP contribution in [0, 0.1) is 0 Å². The molecule has 1 amide bonds. The molecule has 0 radical (unpaired) electrons. The lowest BCUT2D eigenvalue weighted by Crippen LogP contribution is -2.17. The van der Waals surface area contributed by atoms with Gasteiger partial charge in [-0.1, -0.05) is 12.1 Å². The number of phenols is 1. The van der Waals surface area contributed by atoms with Gasteiger partial charge in [0, 0.05) is 6.07 Å². The second-order valence-corrected chi connectivity index (χ2v) is 3.66. The first-order valence-corrected chi connectivity index (χ1v) is 5.50. The number of azo groups is 1. The van der Waals surface area contributed by atoms with Crippen molar-refractivity contribution in [1.29, 1.82) is 0 Å². The number of hydrogen-bond donors (Lipinski definition) is 3. The Morgan fingerprint density at radius 1 is 1.15 bits per heavy atom. The van der Waals surface area contributed by atoms with Gasteiger partial charge in [-0.05, 0) is 18.2 Å². The molecule has 1 aromatic carbocycles. The molecule has 0 unspecified atom stereocenters. The number of nitrogen functional groups attached to an aromatic ring is 1. The SMILES string of the molecule is NC(=O)Oc1ccc(/N=N/c2ccccc2O)c(N)n1. The zero-order valence-electron chi connectivity index (χ0n) is 10.2. The average Bonchev–Trinajstić information content (AvgIpc) is 2.39. The van der Waals surface area contributed by atoms with Gasteiger partial charge in [-0.25, -0.2) is 4.79 Å². The minimum atomic E-state index is -0.986. The quantitative estimate of drug-likeness (QED) is 0.736. The van der Waals surface area contributed by atoms with Crippen molar-refractivity contribution >= 4 is 23.3 Å². The Kier molecular flexibility index (Phi) is 3.75. The van der Waals surface area contributed by atoms with Gasteiger partial charge >= 0.3 is 6.09 Å². The Bertz CT molecular complexity index is 672. The Morgan fingerprint density at radius 3 is 2.50 bits per heavy atom. The van der Waals surface area contributed by atoms with Crippen LogP contribution in [0.5, 0.6) is 11.6 Å². The number of phenolic OH excluding ortho intramolecular Hbond substituents is 1. The van der Waals surface area contributed by atoms with Crippen molar-refractivity contribution in [1.82, 2.24) is 4.98 Å². The molecule has 1 aromatic heterocycles. The van der Waals surface area contributed by atoms with E-state index in [9.17, 15) is 9.90 Å². The molecule has 8 heteroatoms. The number of benzene rings is 1. The summed E-state index contributed by atoms with van der Waals surface area (Å²) in [5, 5.41) is 17.2. The van der Waals surface area contributed by atoms with Crippen LogP contribution in [0.15, 0.2) is 46.6 Å². The van der Waals surface area contributed by atoms with Crippen LogP contribution in [0.2, 0.25) is 0 Å². The number of nitrogens with two attached hydrogens (primary N) is 2. The van der Waals surface area contributed by atoms with Crippen LogP contribution in [0.3, 0.4) is 0 Å². The lowest BCUT2D eigenvalue weighted by molar-refractivity contribution is 0.209. The van der Waals surface area contributed by atoms with Gasteiger partial charge in [-0.15, -0.1) is 10.2 Å². The summed E-state index contributed by atoms with van der Waals surface area (Å²) >= 11 is 0. The number of rotatable bonds is 3. The molecule has 0 saturated heterocycles. The molecular formula is C12H11N5O3. The number of anilines is 1. The van der Waals surface area contributed by atoms with E-state index < -0.39 is 6.09 Å². The molecule has 5 N–H and O–H groups in total. The number of hydrogen-bond acceptors (Lipinski definition) is 7. The third kappa shape index (κ3) is 3.19. The third-order valence-corrected chi connectivity index (χ3v) is 2.23. The Balaban J connectivity index is 2.22. The Labute approximate surface area is 113 Å². The summed E-state index contributed by atoms with van der Waals surface area (Å²) in [5.41, 5.74) is 11.1. The summed E-state index contributed by atoms with van der Waals surface area (Å²) in [4.78, 5) is 14.3.